The second-order valence-electron chi connectivity index (χ2n) is 8.65. The molecule has 1 N–H and O–H groups in total. The van der Waals surface area contributed by atoms with E-state index in [4.69, 9.17) is 28.0 Å². The number of pyridine rings is 1. The number of carbonyl (C=O) groups is 1. The Kier molecular flexibility index (Phi) is 6.41. The Morgan fingerprint density at radius 3 is 2.47 bits per heavy atom. The van der Waals surface area contributed by atoms with Crippen LogP contribution < -0.4 is 5.32 Å². The number of amides is 1. The Morgan fingerprint density at radius 2 is 1.85 bits per heavy atom. The van der Waals surface area contributed by atoms with E-state index >= 15 is 0 Å². The van der Waals surface area contributed by atoms with E-state index in [-0.39, 0.29) is 36.4 Å². The van der Waals surface area contributed by atoms with Crippen molar-refractivity contribution in [3.63, 3.8) is 0 Å². The van der Waals surface area contributed by atoms with Gasteiger partial charge in [-0.3, -0.25) is 9.78 Å². The van der Waals surface area contributed by atoms with Crippen LogP contribution >= 0.6 is 23.2 Å². The second-order valence-corrected chi connectivity index (χ2v) is 9.47. The maximum absolute atomic E-state index is 14.2. The molecule has 0 spiro atoms. The molecule has 1 atom stereocenters. The Hall–Kier alpha value is -2.59. The summed E-state index contributed by atoms with van der Waals surface area (Å²) in [5.41, 5.74) is -1.56. The van der Waals surface area contributed by atoms with Crippen LogP contribution in [0.4, 0.5) is 17.6 Å². The Morgan fingerprint density at radius 1 is 1.21 bits per heavy atom. The SMILES string of the molecule is CC(C)CNC(=O)c1cc2c(cn1)CN(C1=NOC(c3cc(Cl)c(F)c(Cl)c3)(C(F)(F)F)C1)C2. The van der Waals surface area contributed by atoms with Gasteiger partial charge in [0.1, 0.15) is 11.5 Å². The van der Waals surface area contributed by atoms with E-state index in [0.717, 1.165) is 23.3 Å². The minimum atomic E-state index is -4.89. The molecule has 0 bridgehead atoms. The molecule has 1 amide bonds. The second kappa shape index (κ2) is 8.88. The Balaban J connectivity index is 1.55. The average molecular weight is 519 g/mol. The normalized spacial score (nSPS) is 19.8. The highest BCUT2D eigenvalue weighted by atomic mass is 35.5. The van der Waals surface area contributed by atoms with Gasteiger partial charge < -0.3 is 15.1 Å². The predicted molar refractivity (Wildman–Crippen MR) is 118 cm³/mol. The van der Waals surface area contributed by atoms with E-state index in [1.165, 1.54) is 6.20 Å². The van der Waals surface area contributed by atoms with E-state index in [9.17, 15) is 22.4 Å². The van der Waals surface area contributed by atoms with Crippen molar-refractivity contribution in [2.75, 3.05) is 6.54 Å². The van der Waals surface area contributed by atoms with Crippen LogP contribution in [0.2, 0.25) is 10.0 Å². The zero-order valence-corrected chi connectivity index (χ0v) is 19.7. The number of rotatable bonds is 4. The number of hydrogen-bond donors (Lipinski definition) is 1. The fraction of sp³-hybridized carbons (Fsp3) is 0.409. The number of alkyl halides is 3. The average Bonchev–Trinajstić information content (AvgIpc) is 3.39. The molecule has 12 heteroatoms. The van der Waals surface area contributed by atoms with Gasteiger partial charge in [0.25, 0.3) is 11.5 Å². The number of amidine groups is 1. The molecule has 34 heavy (non-hydrogen) atoms. The molecular weight excluding hydrogens is 499 g/mol. The number of halogens is 6. The number of nitrogens with one attached hydrogen (secondary N) is 1. The summed E-state index contributed by atoms with van der Waals surface area (Å²) in [7, 11) is 0. The summed E-state index contributed by atoms with van der Waals surface area (Å²) in [6.07, 6.45) is -4.01. The van der Waals surface area contributed by atoms with Gasteiger partial charge in [-0.15, -0.1) is 0 Å². The largest absolute Gasteiger partial charge is 0.435 e. The monoisotopic (exact) mass is 518 g/mol. The van der Waals surface area contributed by atoms with Crippen molar-refractivity contribution in [2.24, 2.45) is 11.1 Å². The fourth-order valence-corrected chi connectivity index (χ4v) is 4.31. The van der Waals surface area contributed by atoms with Crippen LogP contribution in [0.1, 0.15) is 47.4 Å². The van der Waals surface area contributed by atoms with Gasteiger partial charge in [-0.1, -0.05) is 42.2 Å². The first kappa shape index (κ1) is 24.5. The standard InChI is InChI=1S/C22H20Cl2F4N4O2/c1-11(2)7-30-20(33)17-3-12-9-32(10-13(12)8-29-17)18-6-21(34-31-18,22(26,27)28)14-4-15(23)19(25)16(24)5-14/h3-5,8,11H,6-7,9-10H2,1-2H3,(H,30,33). The summed E-state index contributed by atoms with van der Waals surface area (Å²) in [5.74, 6) is -1.01. The molecular formula is C22H20Cl2F4N4O2. The summed E-state index contributed by atoms with van der Waals surface area (Å²) in [5, 5.41) is 5.41. The lowest BCUT2D eigenvalue weighted by Gasteiger charge is -2.30. The highest BCUT2D eigenvalue weighted by molar-refractivity contribution is 6.35. The molecule has 1 aromatic heterocycles. The van der Waals surface area contributed by atoms with Crippen molar-refractivity contribution >= 4 is 34.9 Å². The number of carbonyl (C=O) groups excluding carboxylic acids is 1. The minimum absolute atomic E-state index is 0.0518. The lowest BCUT2D eigenvalue weighted by Crippen LogP contribution is -2.44. The molecule has 0 radical (unpaired) electrons. The van der Waals surface area contributed by atoms with Gasteiger partial charge in [0, 0.05) is 31.4 Å². The van der Waals surface area contributed by atoms with E-state index < -0.39 is 39.6 Å². The molecule has 2 aromatic rings. The van der Waals surface area contributed by atoms with Crippen molar-refractivity contribution < 1.29 is 27.2 Å². The van der Waals surface area contributed by atoms with E-state index in [2.05, 4.69) is 15.5 Å². The maximum Gasteiger partial charge on any atom is 0.435 e. The fourth-order valence-electron chi connectivity index (χ4n) is 3.82. The third-order valence-corrected chi connectivity index (χ3v) is 6.25. The summed E-state index contributed by atoms with van der Waals surface area (Å²) in [6, 6.07) is 3.32. The lowest BCUT2D eigenvalue weighted by molar-refractivity contribution is -0.275. The molecule has 0 saturated heterocycles. The van der Waals surface area contributed by atoms with Crippen LogP contribution in [-0.4, -0.2) is 34.3 Å². The maximum atomic E-state index is 14.2. The topological polar surface area (TPSA) is 66.8 Å². The molecule has 182 valence electrons. The molecule has 2 aliphatic heterocycles. The quantitative estimate of drug-likeness (QED) is 0.433. The van der Waals surface area contributed by atoms with Crippen molar-refractivity contribution in [3.8, 4) is 0 Å². The number of oxime groups is 1. The number of nitrogens with zero attached hydrogens (tertiary/aromatic N) is 3. The minimum Gasteiger partial charge on any atom is -0.372 e. The van der Waals surface area contributed by atoms with Gasteiger partial charge in [0.15, 0.2) is 5.82 Å². The number of aromatic nitrogens is 1. The van der Waals surface area contributed by atoms with Crippen molar-refractivity contribution in [3.05, 3.63) is 62.6 Å². The highest BCUT2D eigenvalue weighted by Crippen LogP contribution is 2.50. The summed E-state index contributed by atoms with van der Waals surface area (Å²) in [4.78, 5) is 23.1. The third-order valence-electron chi connectivity index (χ3n) is 5.70. The number of hydrogen-bond acceptors (Lipinski definition) is 5. The first-order valence-electron chi connectivity index (χ1n) is 10.4. The molecule has 0 aliphatic carbocycles. The van der Waals surface area contributed by atoms with E-state index in [0.29, 0.717) is 6.54 Å². The van der Waals surface area contributed by atoms with Crippen molar-refractivity contribution in [2.45, 2.75) is 45.1 Å². The Labute approximate surface area is 202 Å². The van der Waals surface area contributed by atoms with Crippen molar-refractivity contribution in [1.82, 2.24) is 15.2 Å². The molecule has 1 aromatic carbocycles. The first-order valence-corrected chi connectivity index (χ1v) is 11.1. The molecule has 0 fully saturated rings. The smallest absolute Gasteiger partial charge is 0.372 e. The first-order chi connectivity index (χ1) is 15.9. The van der Waals surface area contributed by atoms with Gasteiger partial charge in [-0.2, -0.15) is 13.2 Å². The van der Waals surface area contributed by atoms with Gasteiger partial charge in [-0.25, -0.2) is 4.39 Å². The molecule has 1 unspecified atom stereocenters. The predicted octanol–water partition coefficient (Wildman–Crippen LogP) is 5.42. The van der Waals surface area contributed by atoms with Crippen LogP contribution in [0.5, 0.6) is 0 Å². The molecule has 4 rings (SSSR count). The van der Waals surface area contributed by atoms with Crippen LogP contribution in [0.15, 0.2) is 29.6 Å². The summed E-state index contributed by atoms with van der Waals surface area (Å²) in [6.45, 7) is 4.90. The van der Waals surface area contributed by atoms with E-state index in [1.807, 2.05) is 13.8 Å². The molecule has 0 saturated carbocycles. The van der Waals surface area contributed by atoms with Gasteiger partial charge in [-0.05, 0) is 35.2 Å². The van der Waals surface area contributed by atoms with Crippen LogP contribution in [-0.2, 0) is 23.5 Å². The highest BCUT2D eigenvalue weighted by Gasteiger charge is 2.63. The third kappa shape index (κ3) is 4.40. The summed E-state index contributed by atoms with van der Waals surface area (Å²) >= 11 is 11.5. The van der Waals surface area contributed by atoms with Gasteiger partial charge >= 0.3 is 6.18 Å². The Bertz CT molecular complexity index is 1150. The lowest BCUT2D eigenvalue weighted by atomic mass is 9.89. The van der Waals surface area contributed by atoms with Crippen LogP contribution in [0.3, 0.4) is 0 Å². The molecule has 6 nitrogen and oxygen atoms in total. The zero-order valence-electron chi connectivity index (χ0n) is 18.1. The molecule has 2 aliphatic rings. The number of benzene rings is 1. The molecule has 3 heterocycles. The van der Waals surface area contributed by atoms with Gasteiger partial charge in [0.2, 0.25) is 0 Å². The van der Waals surface area contributed by atoms with Gasteiger partial charge in [0.05, 0.1) is 16.5 Å². The van der Waals surface area contributed by atoms with E-state index in [1.54, 1.807) is 11.0 Å². The zero-order chi connectivity index (χ0) is 24.8. The van der Waals surface area contributed by atoms with Crippen molar-refractivity contribution in [1.29, 1.82) is 0 Å². The van der Waals surface area contributed by atoms with Crippen LogP contribution in [0, 0.1) is 11.7 Å². The number of fused-ring (bicyclic) bond motifs is 1. The van der Waals surface area contributed by atoms with Crippen LogP contribution in [0.25, 0.3) is 0 Å². The summed E-state index contributed by atoms with van der Waals surface area (Å²) < 4.78 is 56.4.